The van der Waals surface area contributed by atoms with Gasteiger partial charge in [0.05, 0.1) is 0 Å². The molecule has 0 radical (unpaired) electrons. The SMILES string of the molecule is CCN(CC)CC1(CNC)CCCC1. The highest BCUT2D eigenvalue weighted by Crippen LogP contribution is 2.38. The molecule has 1 aliphatic carbocycles. The molecule has 2 heteroatoms. The summed E-state index contributed by atoms with van der Waals surface area (Å²) in [5.74, 6) is 0. The number of hydrogen-bond acceptors (Lipinski definition) is 2. The van der Waals surface area contributed by atoms with Gasteiger partial charge in [0.1, 0.15) is 0 Å². The first kappa shape index (κ1) is 12.0. The molecule has 0 unspecified atom stereocenters. The molecule has 0 spiro atoms. The second-order valence-corrected chi connectivity index (χ2v) is 4.70. The lowest BCUT2D eigenvalue weighted by atomic mass is 9.85. The quantitative estimate of drug-likeness (QED) is 0.703. The fourth-order valence-electron chi connectivity index (χ4n) is 2.81. The van der Waals surface area contributed by atoms with E-state index in [4.69, 9.17) is 0 Å². The number of nitrogens with one attached hydrogen (secondary N) is 1. The number of hydrogen-bond donors (Lipinski definition) is 1. The number of rotatable bonds is 6. The molecule has 84 valence electrons. The zero-order chi connectivity index (χ0) is 10.4. The molecule has 2 nitrogen and oxygen atoms in total. The van der Waals surface area contributed by atoms with Crippen LogP contribution in [0.4, 0.5) is 0 Å². The second-order valence-electron chi connectivity index (χ2n) is 4.70. The van der Waals surface area contributed by atoms with Gasteiger partial charge in [-0.1, -0.05) is 26.7 Å². The van der Waals surface area contributed by atoms with Crippen LogP contribution in [0.1, 0.15) is 39.5 Å². The van der Waals surface area contributed by atoms with Crippen molar-refractivity contribution in [3.05, 3.63) is 0 Å². The van der Waals surface area contributed by atoms with Crippen molar-refractivity contribution in [3.63, 3.8) is 0 Å². The van der Waals surface area contributed by atoms with Crippen LogP contribution in [0.25, 0.3) is 0 Å². The third kappa shape index (κ3) is 2.96. The first-order valence-corrected chi connectivity index (χ1v) is 6.13. The molecule has 0 bridgehead atoms. The molecular weight excluding hydrogens is 172 g/mol. The fourth-order valence-corrected chi connectivity index (χ4v) is 2.81. The smallest absolute Gasteiger partial charge is 0.00499 e. The molecular formula is C12H26N2. The van der Waals surface area contributed by atoms with E-state index in [1.807, 2.05) is 0 Å². The Hall–Kier alpha value is -0.0800. The van der Waals surface area contributed by atoms with Crippen LogP contribution in [0.5, 0.6) is 0 Å². The van der Waals surface area contributed by atoms with Crippen molar-refractivity contribution in [2.24, 2.45) is 5.41 Å². The highest BCUT2D eigenvalue weighted by Gasteiger charge is 2.34. The Bertz CT molecular complexity index is 146. The summed E-state index contributed by atoms with van der Waals surface area (Å²) in [5.41, 5.74) is 0.584. The van der Waals surface area contributed by atoms with Crippen LogP contribution in [0, 0.1) is 5.41 Å². The molecule has 1 aliphatic rings. The first-order chi connectivity index (χ1) is 6.76. The lowest BCUT2D eigenvalue weighted by Crippen LogP contribution is -2.41. The van der Waals surface area contributed by atoms with Gasteiger partial charge in [-0.05, 0) is 38.4 Å². The molecule has 0 aromatic rings. The molecule has 1 N–H and O–H groups in total. The molecule has 0 aromatic carbocycles. The zero-order valence-corrected chi connectivity index (χ0v) is 10.1. The van der Waals surface area contributed by atoms with Crippen LogP contribution in [0.15, 0.2) is 0 Å². The van der Waals surface area contributed by atoms with Gasteiger partial charge in [-0.15, -0.1) is 0 Å². The third-order valence-corrected chi connectivity index (χ3v) is 3.67. The van der Waals surface area contributed by atoms with Crippen molar-refractivity contribution in [1.82, 2.24) is 10.2 Å². The maximum absolute atomic E-state index is 3.38. The molecule has 0 aliphatic heterocycles. The summed E-state index contributed by atoms with van der Waals surface area (Å²) in [7, 11) is 2.09. The minimum absolute atomic E-state index is 0.584. The summed E-state index contributed by atoms with van der Waals surface area (Å²) in [5, 5.41) is 3.38. The molecule has 0 amide bonds. The maximum Gasteiger partial charge on any atom is 0.00499 e. The zero-order valence-electron chi connectivity index (χ0n) is 10.1. The lowest BCUT2D eigenvalue weighted by Gasteiger charge is -2.34. The highest BCUT2D eigenvalue weighted by molar-refractivity contribution is 4.88. The summed E-state index contributed by atoms with van der Waals surface area (Å²) in [6, 6.07) is 0. The Morgan fingerprint density at radius 3 is 2.14 bits per heavy atom. The van der Waals surface area contributed by atoms with Gasteiger partial charge in [-0.3, -0.25) is 0 Å². The Morgan fingerprint density at radius 1 is 1.14 bits per heavy atom. The monoisotopic (exact) mass is 198 g/mol. The summed E-state index contributed by atoms with van der Waals surface area (Å²) in [6.07, 6.45) is 5.71. The molecule has 14 heavy (non-hydrogen) atoms. The first-order valence-electron chi connectivity index (χ1n) is 6.13. The summed E-state index contributed by atoms with van der Waals surface area (Å²) in [6.45, 7) is 9.42. The van der Waals surface area contributed by atoms with Gasteiger partial charge in [0.15, 0.2) is 0 Å². The van der Waals surface area contributed by atoms with Crippen molar-refractivity contribution in [1.29, 1.82) is 0 Å². The Kier molecular flexibility index (Phi) is 4.90. The van der Waals surface area contributed by atoms with Gasteiger partial charge in [0.25, 0.3) is 0 Å². The van der Waals surface area contributed by atoms with Gasteiger partial charge < -0.3 is 10.2 Å². The predicted molar refractivity (Wildman–Crippen MR) is 62.6 cm³/mol. The number of nitrogens with zero attached hydrogens (tertiary/aromatic N) is 1. The van der Waals surface area contributed by atoms with E-state index in [1.165, 1.54) is 51.9 Å². The van der Waals surface area contributed by atoms with E-state index < -0.39 is 0 Å². The van der Waals surface area contributed by atoms with Gasteiger partial charge in [-0.2, -0.15) is 0 Å². The molecule has 0 atom stereocenters. The van der Waals surface area contributed by atoms with Crippen molar-refractivity contribution in [2.75, 3.05) is 33.2 Å². The van der Waals surface area contributed by atoms with Crippen molar-refractivity contribution >= 4 is 0 Å². The minimum Gasteiger partial charge on any atom is -0.319 e. The van der Waals surface area contributed by atoms with Gasteiger partial charge in [-0.25, -0.2) is 0 Å². The molecule has 0 saturated heterocycles. The van der Waals surface area contributed by atoms with Crippen LogP contribution < -0.4 is 5.32 Å². The summed E-state index contributed by atoms with van der Waals surface area (Å²) >= 11 is 0. The molecule has 0 aromatic heterocycles. The lowest BCUT2D eigenvalue weighted by molar-refractivity contribution is 0.162. The third-order valence-electron chi connectivity index (χ3n) is 3.67. The average molecular weight is 198 g/mol. The standard InChI is InChI=1S/C12H26N2/c1-4-14(5-2)11-12(10-13-3)8-6-7-9-12/h13H,4-11H2,1-3H3. The van der Waals surface area contributed by atoms with Crippen molar-refractivity contribution in [3.8, 4) is 0 Å². The Labute approximate surface area is 89.1 Å². The second kappa shape index (κ2) is 5.72. The van der Waals surface area contributed by atoms with Crippen LogP contribution in [0.3, 0.4) is 0 Å². The fraction of sp³-hybridized carbons (Fsp3) is 1.00. The van der Waals surface area contributed by atoms with E-state index in [9.17, 15) is 0 Å². The predicted octanol–water partition coefficient (Wildman–Crippen LogP) is 2.11. The normalized spacial score (nSPS) is 20.6. The summed E-state index contributed by atoms with van der Waals surface area (Å²) in [4.78, 5) is 2.57. The molecule has 1 saturated carbocycles. The van der Waals surface area contributed by atoms with E-state index in [0.29, 0.717) is 5.41 Å². The maximum atomic E-state index is 3.38. The van der Waals surface area contributed by atoms with Crippen LogP contribution in [-0.4, -0.2) is 38.1 Å². The largest absolute Gasteiger partial charge is 0.319 e. The topological polar surface area (TPSA) is 15.3 Å². The Balaban J connectivity index is 2.49. The van der Waals surface area contributed by atoms with Crippen molar-refractivity contribution in [2.45, 2.75) is 39.5 Å². The van der Waals surface area contributed by atoms with Gasteiger partial charge in [0.2, 0.25) is 0 Å². The van der Waals surface area contributed by atoms with Gasteiger partial charge in [0, 0.05) is 13.1 Å². The van der Waals surface area contributed by atoms with E-state index in [0.717, 1.165) is 0 Å². The summed E-state index contributed by atoms with van der Waals surface area (Å²) < 4.78 is 0. The highest BCUT2D eigenvalue weighted by atomic mass is 15.1. The average Bonchev–Trinajstić information content (AvgIpc) is 2.64. The molecule has 0 heterocycles. The molecule has 1 fully saturated rings. The van der Waals surface area contributed by atoms with E-state index >= 15 is 0 Å². The van der Waals surface area contributed by atoms with Gasteiger partial charge >= 0.3 is 0 Å². The molecule has 1 rings (SSSR count). The van der Waals surface area contributed by atoms with Crippen LogP contribution in [-0.2, 0) is 0 Å². The van der Waals surface area contributed by atoms with E-state index in [1.54, 1.807) is 0 Å². The van der Waals surface area contributed by atoms with E-state index in [2.05, 4.69) is 31.1 Å². The minimum atomic E-state index is 0.584. The van der Waals surface area contributed by atoms with Crippen LogP contribution >= 0.6 is 0 Å². The van der Waals surface area contributed by atoms with Crippen LogP contribution in [0.2, 0.25) is 0 Å². The van der Waals surface area contributed by atoms with E-state index in [-0.39, 0.29) is 0 Å². The Morgan fingerprint density at radius 2 is 1.71 bits per heavy atom. The van der Waals surface area contributed by atoms with Crippen molar-refractivity contribution < 1.29 is 0 Å².